The summed E-state index contributed by atoms with van der Waals surface area (Å²) in [6.45, 7) is 41.4. The minimum atomic E-state index is -0.117. The molecule has 7 heteroatoms. The molecule has 7 aromatic rings. The van der Waals surface area contributed by atoms with Gasteiger partial charge in [-0.05, 0) is 167 Å². The minimum absolute atomic E-state index is 0.00392. The van der Waals surface area contributed by atoms with Gasteiger partial charge in [-0.2, -0.15) is 12.6 Å². The number of anilines is 1. The van der Waals surface area contributed by atoms with Crippen molar-refractivity contribution in [2.75, 3.05) is 11.1 Å². The average Bonchev–Trinajstić information content (AvgIpc) is 4.29. The number of nitrogens with zero attached hydrogens (tertiary/aromatic N) is 2. The summed E-state index contributed by atoms with van der Waals surface area (Å²) in [5.41, 5.74) is 23.3. The molecule has 2 aliphatic rings. The van der Waals surface area contributed by atoms with Gasteiger partial charge in [-0.15, -0.1) is 0 Å². The second-order valence-electron chi connectivity index (χ2n) is 28.7. The number of unbranched alkanes of at least 4 members (excludes halogenated alkanes) is 1. The topological polar surface area (TPSA) is 86.5 Å². The first-order valence-electron chi connectivity index (χ1n) is 28.9. The van der Waals surface area contributed by atoms with E-state index in [9.17, 15) is 4.79 Å². The summed E-state index contributed by atoms with van der Waals surface area (Å²) in [5.74, 6) is 0.769. The molecule has 0 fully saturated rings. The molecule has 2 aliphatic heterocycles. The quantitative estimate of drug-likeness (QED) is 0.0858. The Kier molecular flexibility index (Phi) is 15.4. The Morgan fingerprint density at radius 1 is 0.388 bits per heavy atom. The van der Waals surface area contributed by atoms with Crippen molar-refractivity contribution in [1.29, 1.82) is 0 Å². The van der Waals surface area contributed by atoms with Crippen molar-refractivity contribution in [3.63, 3.8) is 0 Å². The standard InChI is InChI=1S/C73H87N5OS/c1-68(2,3)48-35-45(36-49(41-48)69(4,5)6)65-57-28-26-55(75-57)64(44-22-24-54(25-23-44)74-63(79)21-19-20-34-80)56-27-29-58(76-56)66(46-37-50(70(7,8)9)42-51(38-46)71(10,11)12)60-31-33-62(78-60)67(61-32-30-59(65)77-61)47-39-52(72(13,14)15)43-53(40-47)73(16,17)18/h22-33,35-43,75,78,80H,19-21,34H2,1-18H3,(H,74,79). The summed E-state index contributed by atoms with van der Waals surface area (Å²) in [7, 11) is 0. The van der Waals surface area contributed by atoms with Crippen molar-refractivity contribution in [3.8, 4) is 44.5 Å². The fourth-order valence-corrected chi connectivity index (χ4v) is 10.9. The lowest BCUT2D eigenvalue weighted by molar-refractivity contribution is -0.116. The lowest BCUT2D eigenvalue weighted by Crippen LogP contribution is -2.16. The normalized spacial score (nSPS) is 13.3. The SMILES string of the molecule is CC(C)(C)c1cc(-c2c3nc(c(-c4cc(C(C)(C)C)cc(C(C)(C)C)c4)c4ccc([nH]4)c(-c4cc(C(C)(C)C)cc(C(C)(C)C)c4)c4nc(c(-c5ccc(NC(=O)CCCCS)cc5)c5ccc2[nH]5)C=C4)C=C3)cc(C(C)(C)C)c1. The lowest BCUT2D eigenvalue weighted by Gasteiger charge is -2.26. The van der Waals surface area contributed by atoms with Crippen LogP contribution in [0.5, 0.6) is 0 Å². The van der Waals surface area contributed by atoms with Crippen molar-refractivity contribution < 1.29 is 4.79 Å². The molecule has 0 radical (unpaired) electrons. The first-order chi connectivity index (χ1) is 37.3. The van der Waals surface area contributed by atoms with Crippen molar-refractivity contribution in [2.24, 2.45) is 0 Å². The monoisotopic (exact) mass is 1080 g/mol. The second kappa shape index (κ2) is 21.3. The van der Waals surface area contributed by atoms with Crippen LogP contribution in [0.1, 0.15) is 200 Å². The van der Waals surface area contributed by atoms with E-state index in [-0.39, 0.29) is 38.4 Å². The maximum Gasteiger partial charge on any atom is 0.224 e. The van der Waals surface area contributed by atoms with Gasteiger partial charge in [0.15, 0.2) is 0 Å². The van der Waals surface area contributed by atoms with Gasteiger partial charge in [-0.3, -0.25) is 4.79 Å². The molecule has 0 atom stereocenters. The third kappa shape index (κ3) is 12.4. The number of aromatic amines is 2. The highest BCUT2D eigenvalue weighted by molar-refractivity contribution is 7.80. The molecule has 80 heavy (non-hydrogen) atoms. The molecule has 0 aliphatic carbocycles. The van der Waals surface area contributed by atoms with Gasteiger partial charge in [0.2, 0.25) is 5.91 Å². The molecule has 3 N–H and O–H groups in total. The van der Waals surface area contributed by atoms with Gasteiger partial charge in [0, 0.05) is 56.4 Å². The number of benzene rings is 4. The number of carbonyl (C=O) groups excluding carboxylic acids is 1. The van der Waals surface area contributed by atoms with E-state index in [4.69, 9.17) is 9.97 Å². The highest BCUT2D eigenvalue weighted by Gasteiger charge is 2.28. The van der Waals surface area contributed by atoms with E-state index < -0.39 is 0 Å². The number of H-pyrrole nitrogens is 2. The van der Waals surface area contributed by atoms with Gasteiger partial charge >= 0.3 is 0 Å². The summed E-state index contributed by atoms with van der Waals surface area (Å²) in [6, 6.07) is 38.6. The van der Waals surface area contributed by atoms with Crippen LogP contribution < -0.4 is 5.32 Å². The van der Waals surface area contributed by atoms with Gasteiger partial charge in [-0.25, -0.2) is 9.97 Å². The molecule has 0 saturated carbocycles. The van der Waals surface area contributed by atoms with Gasteiger partial charge in [0.1, 0.15) is 0 Å². The van der Waals surface area contributed by atoms with Crippen molar-refractivity contribution >= 4 is 70.6 Å². The number of carbonyl (C=O) groups is 1. The number of aromatic nitrogens is 4. The molecule has 8 bridgehead atoms. The van der Waals surface area contributed by atoms with E-state index in [1.165, 1.54) is 33.4 Å². The minimum Gasteiger partial charge on any atom is -0.354 e. The molecular weight excluding hydrogens is 995 g/mol. The van der Waals surface area contributed by atoms with Crippen molar-refractivity contribution in [1.82, 2.24) is 19.9 Å². The summed E-state index contributed by atoms with van der Waals surface area (Å²) in [6.07, 6.45) is 11.0. The molecule has 0 saturated heterocycles. The maximum atomic E-state index is 13.1. The van der Waals surface area contributed by atoms with Gasteiger partial charge in [0.25, 0.3) is 0 Å². The maximum absolute atomic E-state index is 13.1. The molecule has 0 spiro atoms. The summed E-state index contributed by atoms with van der Waals surface area (Å²) in [4.78, 5) is 32.7. The third-order valence-corrected chi connectivity index (χ3v) is 16.2. The summed E-state index contributed by atoms with van der Waals surface area (Å²) >= 11 is 4.35. The van der Waals surface area contributed by atoms with E-state index in [1.54, 1.807) is 0 Å². The molecule has 1 amide bonds. The Hall–Kier alpha value is -6.70. The zero-order chi connectivity index (χ0) is 58.1. The molecule has 6 nitrogen and oxygen atoms in total. The highest BCUT2D eigenvalue weighted by atomic mass is 32.1. The molecule has 4 aromatic carbocycles. The zero-order valence-electron chi connectivity index (χ0n) is 51.2. The largest absolute Gasteiger partial charge is 0.354 e. The van der Waals surface area contributed by atoms with E-state index in [1.807, 2.05) is 12.1 Å². The number of rotatable bonds is 9. The van der Waals surface area contributed by atoms with Crippen LogP contribution in [0.25, 0.3) is 90.9 Å². The Bertz CT molecular complexity index is 3590. The number of amides is 1. The first-order valence-corrected chi connectivity index (χ1v) is 29.6. The molecule has 5 heterocycles. The predicted molar refractivity (Wildman–Crippen MR) is 349 cm³/mol. The summed E-state index contributed by atoms with van der Waals surface area (Å²) in [5, 5.41) is 3.14. The molecule has 3 aromatic heterocycles. The van der Waals surface area contributed by atoms with E-state index in [0.29, 0.717) is 6.42 Å². The highest BCUT2D eigenvalue weighted by Crippen LogP contribution is 2.44. The van der Waals surface area contributed by atoms with E-state index in [0.717, 1.165) is 114 Å². The first kappa shape index (κ1) is 58.0. The molecule has 0 unspecified atom stereocenters. The lowest BCUT2D eigenvalue weighted by atomic mass is 9.78. The number of hydrogen-bond donors (Lipinski definition) is 4. The molecular formula is C73H87N5OS. The fourth-order valence-electron chi connectivity index (χ4n) is 10.7. The van der Waals surface area contributed by atoms with Crippen LogP contribution in [0, 0.1) is 0 Å². The number of nitrogens with one attached hydrogen (secondary N) is 3. The number of hydrogen-bond acceptors (Lipinski definition) is 4. The number of thiol groups is 1. The predicted octanol–water partition coefficient (Wildman–Crippen LogP) is 20.1. The van der Waals surface area contributed by atoms with E-state index >= 15 is 0 Å². The van der Waals surface area contributed by atoms with Gasteiger partial charge in [0.05, 0.1) is 22.8 Å². The van der Waals surface area contributed by atoms with Crippen LogP contribution >= 0.6 is 12.6 Å². The van der Waals surface area contributed by atoms with E-state index in [2.05, 4.69) is 268 Å². The third-order valence-electron chi connectivity index (χ3n) is 15.9. The molecule has 416 valence electrons. The van der Waals surface area contributed by atoms with Crippen molar-refractivity contribution in [2.45, 2.75) is 176 Å². The Labute approximate surface area is 483 Å². The van der Waals surface area contributed by atoms with Crippen LogP contribution in [-0.4, -0.2) is 31.6 Å². The fraction of sp³-hybridized carbons (Fsp3) is 0.384. The van der Waals surface area contributed by atoms with Gasteiger partial charge in [-0.1, -0.05) is 191 Å². The van der Waals surface area contributed by atoms with Crippen molar-refractivity contribution in [3.05, 3.63) is 159 Å². The van der Waals surface area contributed by atoms with Crippen LogP contribution in [0.3, 0.4) is 0 Å². The summed E-state index contributed by atoms with van der Waals surface area (Å²) < 4.78 is 0. The van der Waals surface area contributed by atoms with Crippen LogP contribution in [0.2, 0.25) is 0 Å². The Morgan fingerprint density at radius 2 is 0.662 bits per heavy atom. The van der Waals surface area contributed by atoms with Gasteiger partial charge < -0.3 is 15.3 Å². The van der Waals surface area contributed by atoms with Crippen LogP contribution in [0.15, 0.2) is 103 Å². The Morgan fingerprint density at radius 3 is 0.925 bits per heavy atom. The molecule has 9 rings (SSSR count). The number of fused-ring (bicyclic) bond motifs is 8. The zero-order valence-corrected chi connectivity index (χ0v) is 52.1. The average molecular weight is 1080 g/mol. The smallest absolute Gasteiger partial charge is 0.224 e. The Balaban J connectivity index is 1.47. The van der Waals surface area contributed by atoms with Crippen LogP contribution in [-0.2, 0) is 37.3 Å². The second-order valence-corrected chi connectivity index (χ2v) is 29.2. The van der Waals surface area contributed by atoms with Crippen LogP contribution in [0.4, 0.5) is 5.69 Å².